The molecule has 2 nitrogen and oxygen atoms in total. The van der Waals surface area contributed by atoms with Gasteiger partial charge in [0.05, 0.1) is 9.81 Å². The quantitative estimate of drug-likeness (QED) is 0.418. The first kappa shape index (κ1) is 7.63. The standard InChI is InChI=1S/C6H4O2S2/c7-3-1-5(9)4(8)2-6(3)10/h1-2,9-10H. The zero-order chi connectivity index (χ0) is 7.72. The van der Waals surface area contributed by atoms with Crippen LogP contribution in [0.15, 0.2) is 22.0 Å². The average molecular weight is 172 g/mol. The molecule has 0 heterocycles. The van der Waals surface area contributed by atoms with E-state index >= 15 is 0 Å². The number of carbonyl (C=O) groups is 2. The normalized spacial score (nSPS) is 18.6. The van der Waals surface area contributed by atoms with Gasteiger partial charge in [0, 0.05) is 12.2 Å². The van der Waals surface area contributed by atoms with Crippen LogP contribution in [0.5, 0.6) is 0 Å². The van der Waals surface area contributed by atoms with Gasteiger partial charge < -0.3 is 0 Å². The topological polar surface area (TPSA) is 34.1 Å². The molecular formula is C6H4O2S2. The highest BCUT2D eigenvalue weighted by Gasteiger charge is 2.14. The van der Waals surface area contributed by atoms with Crippen molar-refractivity contribution in [3.8, 4) is 0 Å². The predicted octanol–water partition coefficient (Wildman–Crippen LogP) is 0.766. The maximum atomic E-state index is 10.7. The number of hydrogen-bond acceptors (Lipinski definition) is 4. The summed E-state index contributed by atoms with van der Waals surface area (Å²) in [7, 11) is 0. The Kier molecular flexibility index (Phi) is 2.01. The van der Waals surface area contributed by atoms with Gasteiger partial charge in [0.1, 0.15) is 0 Å². The van der Waals surface area contributed by atoms with E-state index in [2.05, 4.69) is 25.3 Å². The largest absolute Gasteiger partial charge is 0.289 e. The third-order valence-corrected chi connectivity index (χ3v) is 1.74. The van der Waals surface area contributed by atoms with Crippen molar-refractivity contribution in [2.45, 2.75) is 0 Å². The zero-order valence-corrected chi connectivity index (χ0v) is 6.65. The van der Waals surface area contributed by atoms with Crippen LogP contribution in [0, 0.1) is 0 Å². The molecule has 0 atom stereocenters. The number of hydrogen-bond donors (Lipinski definition) is 2. The maximum Gasteiger partial charge on any atom is 0.193 e. The van der Waals surface area contributed by atoms with Crippen molar-refractivity contribution < 1.29 is 9.59 Å². The minimum Gasteiger partial charge on any atom is -0.289 e. The molecule has 4 heteroatoms. The second-order valence-corrected chi connectivity index (χ2v) is 2.75. The lowest BCUT2D eigenvalue weighted by Crippen LogP contribution is -2.06. The molecule has 0 bridgehead atoms. The first-order valence-corrected chi connectivity index (χ1v) is 3.40. The lowest BCUT2D eigenvalue weighted by molar-refractivity contribution is -0.114. The van der Waals surface area contributed by atoms with Crippen LogP contribution in [0.4, 0.5) is 0 Å². The highest BCUT2D eigenvalue weighted by atomic mass is 32.1. The van der Waals surface area contributed by atoms with E-state index in [-0.39, 0.29) is 21.4 Å². The van der Waals surface area contributed by atoms with E-state index in [1.54, 1.807) is 0 Å². The van der Waals surface area contributed by atoms with Gasteiger partial charge in [0.2, 0.25) is 0 Å². The summed E-state index contributed by atoms with van der Waals surface area (Å²) in [6.45, 7) is 0. The van der Waals surface area contributed by atoms with Gasteiger partial charge in [-0.3, -0.25) is 9.59 Å². The van der Waals surface area contributed by atoms with Crippen molar-refractivity contribution in [1.29, 1.82) is 0 Å². The van der Waals surface area contributed by atoms with Gasteiger partial charge >= 0.3 is 0 Å². The van der Waals surface area contributed by atoms with Gasteiger partial charge in [-0.2, -0.15) is 0 Å². The molecule has 52 valence electrons. The third kappa shape index (κ3) is 1.33. The second-order valence-electron chi connectivity index (χ2n) is 1.79. The van der Waals surface area contributed by atoms with Gasteiger partial charge in [0.25, 0.3) is 0 Å². The van der Waals surface area contributed by atoms with E-state index in [9.17, 15) is 9.59 Å². The minimum absolute atomic E-state index is 0.169. The fraction of sp³-hybridized carbons (Fsp3) is 0. The molecule has 0 saturated heterocycles. The zero-order valence-electron chi connectivity index (χ0n) is 4.87. The van der Waals surface area contributed by atoms with E-state index in [1.807, 2.05) is 0 Å². The number of rotatable bonds is 0. The molecule has 0 aromatic carbocycles. The summed E-state index contributed by atoms with van der Waals surface area (Å²) in [5.41, 5.74) is 0. The van der Waals surface area contributed by atoms with Gasteiger partial charge in [-0.1, -0.05) is 0 Å². The Morgan fingerprint density at radius 1 is 0.900 bits per heavy atom. The Balaban J connectivity index is 3.03. The molecule has 0 amide bonds. The molecule has 0 unspecified atom stereocenters. The molecule has 0 N–H and O–H groups in total. The van der Waals surface area contributed by atoms with Crippen LogP contribution in [0.25, 0.3) is 0 Å². The Bertz CT molecular complexity index is 235. The number of carbonyl (C=O) groups excluding carboxylic acids is 2. The SMILES string of the molecule is O=C1C=C(S)C(=O)C=C1S. The molecule has 0 fully saturated rings. The van der Waals surface area contributed by atoms with Crippen LogP contribution in [-0.2, 0) is 9.59 Å². The van der Waals surface area contributed by atoms with Crippen LogP contribution < -0.4 is 0 Å². The van der Waals surface area contributed by atoms with Crippen molar-refractivity contribution in [2.24, 2.45) is 0 Å². The summed E-state index contributed by atoms with van der Waals surface area (Å²) in [5, 5.41) is 0. The summed E-state index contributed by atoms with van der Waals surface area (Å²) in [6, 6.07) is 0. The lowest BCUT2D eigenvalue weighted by atomic mass is 10.2. The van der Waals surface area contributed by atoms with Crippen molar-refractivity contribution >= 4 is 36.8 Å². The van der Waals surface area contributed by atoms with Crippen LogP contribution in [-0.4, -0.2) is 11.6 Å². The molecule has 0 aromatic heterocycles. The van der Waals surface area contributed by atoms with E-state index in [4.69, 9.17) is 0 Å². The number of ketones is 2. The third-order valence-electron chi connectivity index (χ3n) is 1.04. The van der Waals surface area contributed by atoms with Crippen molar-refractivity contribution in [2.75, 3.05) is 0 Å². The van der Waals surface area contributed by atoms with Crippen molar-refractivity contribution in [3.63, 3.8) is 0 Å². The van der Waals surface area contributed by atoms with Gasteiger partial charge in [-0.25, -0.2) is 0 Å². The second kappa shape index (κ2) is 2.64. The van der Waals surface area contributed by atoms with Crippen LogP contribution in [0.2, 0.25) is 0 Å². The predicted molar refractivity (Wildman–Crippen MR) is 44.2 cm³/mol. The first-order chi connectivity index (χ1) is 4.61. The molecule has 1 rings (SSSR count). The molecule has 0 aromatic rings. The van der Waals surface area contributed by atoms with Gasteiger partial charge in [-0.15, -0.1) is 25.3 Å². The molecular weight excluding hydrogens is 168 g/mol. The summed E-state index contributed by atoms with van der Waals surface area (Å²) in [5.74, 6) is -0.541. The molecule has 0 spiro atoms. The summed E-state index contributed by atoms with van der Waals surface area (Å²) < 4.78 is 0. The molecule has 10 heavy (non-hydrogen) atoms. The average Bonchev–Trinajstić information content (AvgIpc) is 1.84. The Morgan fingerprint density at radius 2 is 1.20 bits per heavy atom. The highest BCUT2D eigenvalue weighted by Crippen LogP contribution is 2.15. The van der Waals surface area contributed by atoms with E-state index in [0.717, 1.165) is 12.2 Å². The highest BCUT2D eigenvalue weighted by molar-refractivity contribution is 7.86. The summed E-state index contributed by atoms with van der Waals surface area (Å²) >= 11 is 7.54. The van der Waals surface area contributed by atoms with Gasteiger partial charge in [-0.05, 0) is 0 Å². The number of thiol groups is 2. The van der Waals surface area contributed by atoms with E-state index in [0.29, 0.717) is 0 Å². The molecule has 1 aliphatic rings. The van der Waals surface area contributed by atoms with Crippen LogP contribution >= 0.6 is 25.3 Å². The molecule has 0 saturated carbocycles. The Labute approximate surface area is 68.8 Å². The molecule has 0 aliphatic heterocycles. The van der Waals surface area contributed by atoms with Crippen LogP contribution in [0.3, 0.4) is 0 Å². The smallest absolute Gasteiger partial charge is 0.193 e. The lowest BCUT2D eigenvalue weighted by Gasteiger charge is -2.01. The van der Waals surface area contributed by atoms with E-state index in [1.165, 1.54) is 0 Å². The maximum absolute atomic E-state index is 10.7. The fourth-order valence-electron chi connectivity index (χ4n) is 0.538. The first-order valence-electron chi connectivity index (χ1n) is 2.51. The molecule has 0 radical (unpaired) electrons. The van der Waals surface area contributed by atoms with Crippen molar-refractivity contribution in [3.05, 3.63) is 22.0 Å². The monoisotopic (exact) mass is 172 g/mol. The minimum atomic E-state index is -0.270. The Hall–Kier alpha value is -0.480. The van der Waals surface area contributed by atoms with Crippen molar-refractivity contribution in [1.82, 2.24) is 0 Å². The van der Waals surface area contributed by atoms with E-state index < -0.39 is 0 Å². The summed E-state index contributed by atoms with van der Waals surface area (Å²) in [4.78, 5) is 21.8. The van der Waals surface area contributed by atoms with Crippen LogP contribution in [0.1, 0.15) is 0 Å². The van der Waals surface area contributed by atoms with Gasteiger partial charge in [0.15, 0.2) is 11.6 Å². The number of allylic oxidation sites excluding steroid dienone is 4. The molecule has 1 aliphatic carbocycles. The summed E-state index contributed by atoms with van der Waals surface area (Å²) in [6.07, 6.45) is 2.32. The Morgan fingerprint density at radius 3 is 1.50 bits per heavy atom. The fourth-order valence-corrected chi connectivity index (χ4v) is 0.902.